The van der Waals surface area contributed by atoms with Crippen LogP contribution in [0.4, 0.5) is 13.2 Å². The molecule has 13 atom stereocenters. The van der Waals surface area contributed by atoms with Gasteiger partial charge in [-0.05, 0) is 145 Å². The van der Waals surface area contributed by atoms with Crippen LogP contribution in [0.25, 0.3) is 0 Å². The van der Waals surface area contributed by atoms with E-state index >= 15 is 28.8 Å². The first-order valence-electron chi connectivity index (χ1n) is 38.1. The zero-order valence-corrected chi connectivity index (χ0v) is 67.2. The number of carbonyl (C=O) groups is 12. The van der Waals surface area contributed by atoms with E-state index < -0.39 is 170 Å². The highest BCUT2D eigenvalue weighted by atomic mass is 127. The van der Waals surface area contributed by atoms with Crippen LogP contribution >= 0.6 is 34.2 Å². The van der Waals surface area contributed by atoms with Gasteiger partial charge in [-0.3, -0.25) is 62.3 Å². The van der Waals surface area contributed by atoms with Crippen molar-refractivity contribution in [3.05, 3.63) is 0 Å². The number of alkyl halides is 5. The van der Waals surface area contributed by atoms with Crippen molar-refractivity contribution in [3.63, 3.8) is 0 Å². The van der Waals surface area contributed by atoms with Crippen molar-refractivity contribution in [1.29, 1.82) is 0 Å². The van der Waals surface area contributed by atoms with Crippen molar-refractivity contribution in [2.75, 3.05) is 82.1 Å². The van der Waals surface area contributed by atoms with E-state index in [1.165, 1.54) is 64.0 Å². The molecule has 25 nitrogen and oxygen atoms in total. The molecule has 104 heavy (non-hydrogen) atoms. The van der Waals surface area contributed by atoms with Gasteiger partial charge in [-0.2, -0.15) is 0 Å². The van der Waals surface area contributed by atoms with Gasteiger partial charge in [0.25, 0.3) is 0 Å². The Labute approximate surface area is 634 Å². The second-order valence-corrected chi connectivity index (χ2v) is 33.8. The average Bonchev–Trinajstić information content (AvgIpc) is 0.799. The fourth-order valence-electron chi connectivity index (χ4n) is 15.3. The van der Waals surface area contributed by atoms with Gasteiger partial charge in [0.2, 0.25) is 70.9 Å². The normalized spacial score (nSPS) is 30.2. The zero-order chi connectivity index (χ0) is 77.6. The third-order valence-electron chi connectivity index (χ3n) is 22.0. The fourth-order valence-corrected chi connectivity index (χ4v) is 16.7. The SMILES string of the molecule is CCCC[C@@H]1NC(=O)[C@H](CC2CCCC(I)C2)NC(=O)CN(C)C(=O)[C@H](CC2CCC(Cl)CC2)N(C)C(=O)CN(C)C(=O)CN(C)C(=O)[C@H]([C@@H](C)CC)NC(=O)[C@H](CC(C)C)N(C)C(=O)C[C@@H](C(=O)N2CCCCC2)N(C)C(=O)[C@H](CC(C)C)NC(=O)[C@H](CC2CCCC(OC(F)(F)F)C2)N(C)C1=O. The lowest BCUT2D eigenvalue weighted by molar-refractivity contribution is -0.346. The topological polar surface area (TPSA) is 288 Å². The predicted octanol–water partition coefficient (Wildman–Crippen LogP) is 7.41. The summed E-state index contributed by atoms with van der Waals surface area (Å²) in [5.74, 6) is -9.97. The molecule has 2 aliphatic heterocycles. The Kier molecular flexibility index (Phi) is 36.2. The van der Waals surface area contributed by atoms with Gasteiger partial charge in [0.05, 0.1) is 32.2 Å². The fraction of sp³-hybridized carbons (Fsp3) is 0.838. The van der Waals surface area contributed by atoms with Crippen LogP contribution in [0.5, 0.6) is 0 Å². The molecule has 2 heterocycles. The summed E-state index contributed by atoms with van der Waals surface area (Å²) in [7, 11) is 9.78. The van der Waals surface area contributed by atoms with E-state index in [9.17, 15) is 41.9 Å². The lowest BCUT2D eigenvalue weighted by Gasteiger charge is -2.38. The van der Waals surface area contributed by atoms with Crippen LogP contribution in [-0.4, -0.2) is 262 Å². The Bertz CT molecular complexity index is 2910. The number of carbonyl (C=O) groups excluding carboxylic acids is 12. The molecule has 3 aliphatic carbocycles. The maximum absolute atomic E-state index is 15.5. The minimum Gasteiger partial charge on any atom is -0.343 e. The van der Waals surface area contributed by atoms with E-state index in [-0.39, 0.29) is 84.3 Å². The summed E-state index contributed by atoms with van der Waals surface area (Å²) >= 11 is 8.91. The second-order valence-electron chi connectivity index (χ2n) is 31.4. The number of piperidine rings is 1. The quantitative estimate of drug-likeness (QED) is 0.0816. The highest BCUT2D eigenvalue weighted by Gasteiger charge is 2.45. The molecule has 0 radical (unpaired) electrons. The Morgan fingerprint density at radius 1 is 0.538 bits per heavy atom. The number of amides is 12. The molecule has 4 unspecified atom stereocenters. The molecule has 0 aromatic heterocycles. The number of halogens is 5. The summed E-state index contributed by atoms with van der Waals surface area (Å²) in [6.45, 7) is 11.8. The molecule has 5 fully saturated rings. The van der Waals surface area contributed by atoms with Crippen molar-refractivity contribution in [2.45, 2.75) is 279 Å². The number of nitrogens with one attached hydrogen (secondary N) is 4. The molecule has 0 aromatic rings. The van der Waals surface area contributed by atoms with Crippen molar-refractivity contribution in [2.24, 2.45) is 35.5 Å². The summed E-state index contributed by atoms with van der Waals surface area (Å²) < 4.78 is 46.4. The number of unbranched alkanes of at least 4 members (excludes halogenated alkanes) is 1. The number of nitrogens with zero attached hydrogens (tertiary/aromatic N) is 8. The number of ether oxygens (including phenoxy) is 1. The van der Waals surface area contributed by atoms with Gasteiger partial charge in [0.1, 0.15) is 48.3 Å². The van der Waals surface area contributed by atoms with E-state index in [4.69, 9.17) is 11.6 Å². The highest BCUT2D eigenvalue weighted by Crippen LogP contribution is 2.37. The molecule has 592 valence electrons. The third kappa shape index (κ3) is 27.3. The molecule has 4 N–H and O–H groups in total. The Hall–Kier alpha value is -5.59. The predicted molar refractivity (Wildman–Crippen MR) is 398 cm³/mol. The van der Waals surface area contributed by atoms with Crippen LogP contribution in [0, 0.1) is 35.5 Å². The largest absolute Gasteiger partial charge is 0.522 e. The monoisotopic (exact) mass is 1610 g/mol. The summed E-state index contributed by atoms with van der Waals surface area (Å²) in [5, 5.41) is 11.6. The molecular formula is C74H123ClF3IN12O13. The lowest BCUT2D eigenvalue weighted by atomic mass is 9.82. The number of hydrogen-bond donors (Lipinski definition) is 4. The minimum absolute atomic E-state index is 0.0197. The van der Waals surface area contributed by atoms with Crippen LogP contribution in [-0.2, 0) is 62.3 Å². The molecule has 12 amide bonds. The van der Waals surface area contributed by atoms with Gasteiger partial charge < -0.3 is 60.5 Å². The van der Waals surface area contributed by atoms with Crippen LogP contribution in [0.15, 0.2) is 0 Å². The summed E-state index contributed by atoms with van der Waals surface area (Å²) in [4.78, 5) is 189. The van der Waals surface area contributed by atoms with Crippen LogP contribution in [0.2, 0.25) is 0 Å². The van der Waals surface area contributed by atoms with E-state index in [2.05, 4.69) is 48.6 Å². The van der Waals surface area contributed by atoms with Crippen molar-refractivity contribution in [1.82, 2.24) is 60.5 Å². The van der Waals surface area contributed by atoms with Crippen molar-refractivity contribution < 1.29 is 75.4 Å². The third-order valence-corrected chi connectivity index (χ3v) is 23.6. The van der Waals surface area contributed by atoms with Crippen LogP contribution in [0.3, 0.4) is 0 Å². The van der Waals surface area contributed by atoms with Gasteiger partial charge in [0, 0.05) is 71.7 Å². The van der Waals surface area contributed by atoms with E-state index in [0.717, 1.165) is 51.7 Å². The van der Waals surface area contributed by atoms with E-state index in [1.807, 2.05) is 41.5 Å². The average molecular weight is 1610 g/mol. The standard InChI is InChI=1S/C74H123ClF3IN12O13/c1-15-17-27-54-69(99)89(13)58(40-50-24-22-26-53(37-50)104-74(76,77)78)67(97)82-56(34-45(3)4)70(100)90(14)60(72(102)91-32-19-18-20-33-91)41-62(93)87(11)57(35-46(5)6)68(98)83-65(47(7)16-2)73(103)86(10)43-63(94)84(8)44-64(95)88(12)59(39-48-28-30-51(75)31-29-48)71(101)85(9)42-61(92)80-55(66(96)81-54)38-49-23-21-25-52(79)36-49/h45-60,65H,15-44H2,1-14H3,(H,80,92)(H,81,96)(H,82,97)(H,83,98)/t47-,48?,49?,50?,51?,52?,53?,54-,55-,56-,57-,58-,59-,60-,65-/m0/s1. The van der Waals surface area contributed by atoms with Gasteiger partial charge in [-0.25, -0.2) is 0 Å². The summed E-state index contributed by atoms with van der Waals surface area (Å²) in [6.07, 6.45) is 3.54. The molecule has 0 bridgehead atoms. The van der Waals surface area contributed by atoms with E-state index in [0.29, 0.717) is 83.7 Å². The first-order chi connectivity index (χ1) is 48.8. The lowest BCUT2D eigenvalue weighted by Crippen LogP contribution is -2.61. The van der Waals surface area contributed by atoms with Crippen LogP contribution in [0.1, 0.15) is 209 Å². The van der Waals surface area contributed by atoms with Gasteiger partial charge in [-0.15, -0.1) is 24.8 Å². The molecule has 0 spiro atoms. The molecule has 30 heteroatoms. The first kappa shape index (κ1) is 89.0. The molecule has 3 saturated carbocycles. The minimum atomic E-state index is -4.96. The molecular weight excluding hydrogens is 1480 g/mol. The number of rotatable bonds is 17. The Morgan fingerprint density at radius 3 is 1.69 bits per heavy atom. The van der Waals surface area contributed by atoms with Gasteiger partial charge in [0.15, 0.2) is 0 Å². The molecule has 5 rings (SSSR count). The van der Waals surface area contributed by atoms with Gasteiger partial charge >= 0.3 is 6.36 Å². The second kappa shape index (κ2) is 42.2. The number of likely N-dealkylation sites (tertiary alicyclic amines) is 1. The van der Waals surface area contributed by atoms with Crippen molar-refractivity contribution >= 4 is 105 Å². The molecule has 0 aromatic carbocycles. The Morgan fingerprint density at radius 2 is 1.10 bits per heavy atom. The zero-order valence-electron chi connectivity index (χ0n) is 64.3. The summed E-state index contributed by atoms with van der Waals surface area (Å²) in [5.41, 5.74) is 0. The smallest absolute Gasteiger partial charge is 0.343 e. The number of likely N-dealkylation sites (N-methyl/N-ethyl adjacent to an activating group) is 7. The highest BCUT2D eigenvalue weighted by molar-refractivity contribution is 14.1. The van der Waals surface area contributed by atoms with Crippen molar-refractivity contribution in [3.8, 4) is 0 Å². The molecule has 5 aliphatic rings. The Balaban J connectivity index is 1.67. The number of hydrogen-bond acceptors (Lipinski definition) is 13. The van der Waals surface area contributed by atoms with E-state index in [1.54, 1.807) is 11.8 Å². The first-order valence-corrected chi connectivity index (χ1v) is 39.8. The van der Waals surface area contributed by atoms with Gasteiger partial charge in [-0.1, -0.05) is 116 Å². The maximum Gasteiger partial charge on any atom is 0.522 e. The summed E-state index contributed by atoms with van der Waals surface area (Å²) in [6, 6.07) is -10.5. The molecule has 2 saturated heterocycles. The van der Waals surface area contributed by atoms with Crippen LogP contribution < -0.4 is 21.3 Å². The maximum atomic E-state index is 15.5.